The number of rotatable bonds is 3. The topological polar surface area (TPSA) is 86.2 Å². The van der Waals surface area contributed by atoms with Gasteiger partial charge in [-0.3, -0.25) is 0 Å². The molecule has 98 valence electrons. The minimum atomic E-state index is -0.980. The number of alkyl carbamates (subject to hydrolysis) is 1. The average molecular weight is 246 g/mol. The lowest BCUT2D eigenvalue weighted by Gasteiger charge is -2.42. The Hall–Kier alpha value is -1.21. The van der Waals surface area contributed by atoms with Crippen molar-refractivity contribution in [2.75, 3.05) is 14.2 Å². The van der Waals surface area contributed by atoms with E-state index in [1.54, 1.807) is 13.8 Å². The van der Waals surface area contributed by atoms with Crippen LogP contribution in [0.25, 0.3) is 0 Å². The van der Waals surface area contributed by atoms with E-state index in [0.717, 1.165) is 0 Å². The summed E-state index contributed by atoms with van der Waals surface area (Å²) in [6.45, 7) is 3.40. The molecule has 17 heavy (non-hydrogen) atoms. The van der Waals surface area contributed by atoms with Crippen molar-refractivity contribution in [2.45, 2.75) is 44.2 Å². The van der Waals surface area contributed by atoms with Crippen LogP contribution in [0.1, 0.15) is 20.3 Å². The molecule has 7 heteroatoms. The van der Waals surface area contributed by atoms with Gasteiger partial charge in [-0.05, 0) is 13.8 Å². The Morgan fingerprint density at radius 1 is 1.53 bits per heavy atom. The molecule has 1 N–H and O–H groups in total. The van der Waals surface area contributed by atoms with Gasteiger partial charge in [-0.25, -0.2) is 4.79 Å². The van der Waals surface area contributed by atoms with E-state index in [-0.39, 0.29) is 6.42 Å². The average Bonchev–Trinajstić information content (AvgIpc) is 2.33. The summed E-state index contributed by atoms with van der Waals surface area (Å²) in [6.07, 6.45) is -1.22. The number of amides is 1. The Morgan fingerprint density at radius 3 is 2.65 bits per heavy atom. The Kier molecular flexibility index (Phi) is 4.41. The number of hydrogen-bond acceptors (Lipinski definition) is 6. The number of ether oxygens (including phenoxy) is 3. The number of carbonyl (C=O) groups excluding carboxylic acids is 1. The van der Waals surface area contributed by atoms with E-state index < -0.39 is 30.1 Å². The van der Waals surface area contributed by atoms with Crippen LogP contribution in [0.2, 0.25) is 0 Å². The first-order valence-electron chi connectivity index (χ1n) is 5.34. The molecule has 0 saturated carbocycles. The third-order valence-corrected chi connectivity index (χ3v) is 3.02. The summed E-state index contributed by atoms with van der Waals surface area (Å²) in [5.74, 6) is 0. The second-order valence-corrected chi connectivity index (χ2v) is 4.27. The van der Waals surface area contributed by atoms with Crippen LogP contribution >= 0.6 is 0 Å². The van der Waals surface area contributed by atoms with Gasteiger partial charge in [0.05, 0.1) is 19.3 Å². The maximum Gasteiger partial charge on any atom is 0.407 e. The van der Waals surface area contributed by atoms with Gasteiger partial charge in [-0.2, -0.15) is 4.91 Å². The molecule has 0 aromatic carbocycles. The maximum absolute atomic E-state index is 11.2. The van der Waals surface area contributed by atoms with Crippen LogP contribution in [-0.4, -0.2) is 44.3 Å². The molecule has 0 spiro atoms. The van der Waals surface area contributed by atoms with Gasteiger partial charge in [0.1, 0.15) is 5.54 Å². The summed E-state index contributed by atoms with van der Waals surface area (Å²) in [7, 11) is 2.75. The predicted molar refractivity (Wildman–Crippen MR) is 59.5 cm³/mol. The van der Waals surface area contributed by atoms with Gasteiger partial charge in [-0.1, -0.05) is 5.18 Å². The summed E-state index contributed by atoms with van der Waals surface area (Å²) in [6, 6.07) is -0.543. The predicted octanol–water partition coefficient (Wildman–Crippen LogP) is 1.02. The van der Waals surface area contributed by atoms with E-state index in [9.17, 15) is 9.70 Å². The minimum Gasteiger partial charge on any atom is -0.453 e. The normalized spacial score (nSPS) is 37.3. The quantitative estimate of drug-likeness (QED) is 0.751. The number of nitrogens with zero attached hydrogens (tertiary/aromatic N) is 1. The van der Waals surface area contributed by atoms with Crippen LogP contribution in [0.15, 0.2) is 5.18 Å². The summed E-state index contributed by atoms with van der Waals surface area (Å²) >= 11 is 0. The Bertz CT molecular complexity index is 298. The molecule has 1 amide bonds. The van der Waals surface area contributed by atoms with Gasteiger partial charge in [0.2, 0.25) is 0 Å². The number of nitrogens with one attached hydrogen (secondary N) is 1. The second kappa shape index (κ2) is 5.42. The third-order valence-electron chi connectivity index (χ3n) is 3.02. The number of carbonyl (C=O) groups is 1. The number of nitroso groups, excluding NO2 is 1. The molecule has 1 fully saturated rings. The van der Waals surface area contributed by atoms with E-state index in [2.05, 4.69) is 15.2 Å². The number of methoxy groups -OCH3 is 2. The molecule has 1 heterocycles. The highest BCUT2D eigenvalue weighted by Gasteiger charge is 2.48. The molecule has 0 radical (unpaired) electrons. The summed E-state index contributed by atoms with van der Waals surface area (Å²) in [5, 5.41) is 5.69. The Morgan fingerprint density at radius 2 is 2.18 bits per heavy atom. The van der Waals surface area contributed by atoms with E-state index in [4.69, 9.17) is 9.47 Å². The fraction of sp³-hybridized carbons (Fsp3) is 0.900. The van der Waals surface area contributed by atoms with Crippen molar-refractivity contribution in [2.24, 2.45) is 5.18 Å². The molecular formula is C10H18N2O5. The van der Waals surface area contributed by atoms with Gasteiger partial charge in [0.15, 0.2) is 6.29 Å². The van der Waals surface area contributed by atoms with Crippen molar-refractivity contribution in [3.63, 3.8) is 0 Å². The van der Waals surface area contributed by atoms with E-state index in [1.807, 2.05) is 0 Å². The maximum atomic E-state index is 11.2. The summed E-state index contributed by atoms with van der Waals surface area (Å²) in [4.78, 5) is 22.2. The highest BCUT2D eigenvalue weighted by molar-refractivity contribution is 5.67. The molecule has 1 saturated heterocycles. The highest BCUT2D eigenvalue weighted by Crippen LogP contribution is 2.32. The standard InChI is InChI=1S/C10H18N2O5/c1-6-8(11-9(13)16-4)10(2,12-14)5-7(15-3)17-6/h6-8H,5H2,1-4H3,(H,11,13). The molecule has 0 aromatic heterocycles. The molecule has 4 unspecified atom stereocenters. The van der Waals surface area contributed by atoms with Crippen molar-refractivity contribution in [1.29, 1.82) is 0 Å². The Balaban J connectivity index is 2.85. The molecule has 4 atom stereocenters. The van der Waals surface area contributed by atoms with Gasteiger partial charge in [0, 0.05) is 13.5 Å². The monoisotopic (exact) mass is 246 g/mol. The largest absolute Gasteiger partial charge is 0.453 e. The smallest absolute Gasteiger partial charge is 0.407 e. The summed E-state index contributed by atoms with van der Waals surface area (Å²) < 4.78 is 15.1. The lowest BCUT2D eigenvalue weighted by Crippen LogP contribution is -2.61. The number of hydrogen-bond donors (Lipinski definition) is 1. The third kappa shape index (κ3) is 2.92. The second-order valence-electron chi connectivity index (χ2n) is 4.27. The first kappa shape index (κ1) is 13.9. The zero-order chi connectivity index (χ0) is 13.1. The van der Waals surface area contributed by atoms with Crippen LogP contribution in [0, 0.1) is 4.91 Å². The van der Waals surface area contributed by atoms with Crippen LogP contribution in [0.5, 0.6) is 0 Å². The van der Waals surface area contributed by atoms with Crippen molar-refractivity contribution < 1.29 is 19.0 Å². The van der Waals surface area contributed by atoms with Gasteiger partial charge in [-0.15, -0.1) is 0 Å². The highest BCUT2D eigenvalue weighted by atomic mass is 16.7. The van der Waals surface area contributed by atoms with E-state index in [1.165, 1.54) is 14.2 Å². The molecule has 0 aliphatic carbocycles. The van der Waals surface area contributed by atoms with Crippen molar-refractivity contribution in [3.8, 4) is 0 Å². The lowest BCUT2D eigenvalue weighted by atomic mass is 9.84. The van der Waals surface area contributed by atoms with E-state index in [0.29, 0.717) is 0 Å². The molecule has 1 aliphatic rings. The fourth-order valence-corrected chi connectivity index (χ4v) is 2.03. The van der Waals surface area contributed by atoms with Crippen LogP contribution in [-0.2, 0) is 14.2 Å². The molecular weight excluding hydrogens is 228 g/mol. The van der Waals surface area contributed by atoms with Crippen LogP contribution in [0.4, 0.5) is 4.79 Å². The first-order valence-corrected chi connectivity index (χ1v) is 5.34. The van der Waals surface area contributed by atoms with Crippen molar-refractivity contribution >= 4 is 6.09 Å². The van der Waals surface area contributed by atoms with Gasteiger partial charge in [0.25, 0.3) is 0 Å². The molecule has 0 bridgehead atoms. The van der Waals surface area contributed by atoms with Gasteiger partial charge >= 0.3 is 6.09 Å². The lowest BCUT2D eigenvalue weighted by molar-refractivity contribution is -0.199. The van der Waals surface area contributed by atoms with Crippen LogP contribution in [0.3, 0.4) is 0 Å². The Labute approximate surface area is 99.8 Å². The summed E-state index contributed by atoms with van der Waals surface area (Å²) in [5.41, 5.74) is -0.980. The van der Waals surface area contributed by atoms with Crippen molar-refractivity contribution in [1.82, 2.24) is 5.32 Å². The van der Waals surface area contributed by atoms with E-state index >= 15 is 0 Å². The van der Waals surface area contributed by atoms with Crippen molar-refractivity contribution in [3.05, 3.63) is 4.91 Å². The minimum absolute atomic E-state index is 0.284. The van der Waals surface area contributed by atoms with Gasteiger partial charge < -0.3 is 19.5 Å². The SMILES string of the molecule is COC(=O)NC1C(C)OC(OC)CC1(C)N=O. The molecule has 7 nitrogen and oxygen atoms in total. The first-order chi connectivity index (χ1) is 7.96. The zero-order valence-corrected chi connectivity index (χ0v) is 10.4. The zero-order valence-electron chi connectivity index (χ0n) is 10.4. The molecule has 1 aliphatic heterocycles. The van der Waals surface area contributed by atoms with Crippen LogP contribution < -0.4 is 5.32 Å². The fourth-order valence-electron chi connectivity index (χ4n) is 2.03. The molecule has 1 rings (SSSR count). The molecule has 0 aromatic rings.